The number of ether oxygens (including phenoxy) is 3. The van der Waals surface area contributed by atoms with Crippen molar-refractivity contribution in [1.82, 2.24) is 4.72 Å². The summed E-state index contributed by atoms with van der Waals surface area (Å²) in [5, 5.41) is 3.10. The number of sulfonamides is 1. The maximum Gasteiger partial charge on any atom is 0.324 e. The van der Waals surface area contributed by atoms with E-state index in [4.69, 9.17) is 25.8 Å². The summed E-state index contributed by atoms with van der Waals surface area (Å²) in [5.41, 5.74) is 1.16. The zero-order chi connectivity index (χ0) is 24.2. The van der Waals surface area contributed by atoms with Crippen molar-refractivity contribution >= 4 is 39.2 Å². The van der Waals surface area contributed by atoms with E-state index in [-0.39, 0.29) is 4.90 Å². The van der Waals surface area contributed by atoms with Crippen LogP contribution in [-0.2, 0) is 24.3 Å². The molecule has 2 aromatic rings. The second kappa shape index (κ2) is 10.4. The van der Waals surface area contributed by atoms with Crippen molar-refractivity contribution in [2.75, 3.05) is 25.1 Å². The Morgan fingerprint density at radius 1 is 1.12 bits per heavy atom. The second-order valence-electron chi connectivity index (χ2n) is 7.72. The zero-order valence-corrected chi connectivity index (χ0v) is 20.0. The molecular weight excluding hydrogens is 472 g/mol. The molecule has 9 nitrogen and oxygen atoms in total. The van der Waals surface area contributed by atoms with Crippen LogP contribution in [-0.4, -0.2) is 46.2 Å². The molecule has 0 unspecified atom stereocenters. The van der Waals surface area contributed by atoms with E-state index in [1.807, 2.05) is 0 Å². The Hall–Kier alpha value is -2.82. The minimum absolute atomic E-state index is 0.0839. The highest BCUT2D eigenvalue weighted by Crippen LogP contribution is 2.32. The first-order chi connectivity index (χ1) is 15.6. The van der Waals surface area contributed by atoms with Gasteiger partial charge in [0.2, 0.25) is 10.0 Å². The third-order valence-corrected chi connectivity index (χ3v) is 6.76. The quantitative estimate of drug-likeness (QED) is 0.539. The van der Waals surface area contributed by atoms with Crippen molar-refractivity contribution < 1.29 is 32.2 Å². The molecule has 0 saturated carbocycles. The van der Waals surface area contributed by atoms with Crippen LogP contribution in [0, 0.1) is 12.8 Å². The molecule has 1 aliphatic rings. The maximum atomic E-state index is 12.9. The van der Waals surface area contributed by atoms with Crippen LogP contribution in [0.25, 0.3) is 0 Å². The number of anilines is 1. The van der Waals surface area contributed by atoms with Gasteiger partial charge in [-0.25, -0.2) is 8.42 Å². The number of esters is 1. The van der Waals surface area contributed by atoms with Gasteiger partial charge in [-0.3, -0.25) is 9.59 Å². The zero-order valence-electron chi connectivity index (χ0n) is 18.4. The second-order valence-corrected chi connectivity index (χ2v) is 9.84. The van der Waals surface area contributed by atoms with Gasteiger partial charge in [0, 0.05) is 16.8 Å². The molecule has 3 rings (SSSR count). The summed E-state index contributed by atoms with van der Waals surface area (Å²) in [6.45, 7) is 5.16. The number of hydrogen-bond acceptors (Lipinski definition) is 7. The summed E-state index contributed by atoms with van der Waals surface area (Å²) in [7, 11) is -4.08. The van der Waals surface area contributed by atoms with E-state index in [2.05, 4.69) is 10.0 Å². The number of halogens is 1. The van der Waals surface area contributed by atoms with Crippen LogP contribution in [0.4, 0.5) is 5.69 Å². The molecule has 11 heteroatoms. The van der Waals surface area contributed by atoms with Gasteiger partial charge < -0.3 is 19.5 Å². The lowest BCUT2D eigenvalue weighted by Crippen LogP contribution is -2.45. The highest BCUT2D eigenvalue weighted by Gasteiger charge is 2.31. The molecule has 1 atom stereocenters. The van der Waals surface area contributed by atoms with Crippen LogP contribution in [0.2, 0.25) is 5.02 Å². The molecule has 0 fully saturated rings. The average molecular weight is 497 g/mol. The maximum absolute atomic E-state index is 12.9. The summed E-state index contributed by atoms with van der Waals surface area (Å²) in [6, 6.07) is 8.02. The number of benzene rings is 2. The van der Waals surface area contributed by atoms with Crippen molar-refractivity contribution in [2.45, 2.75) is 31.7 Å². The van der Waals surface area contributed by atoms with Crippen molar-refractivity contribution in [3.8, 4) is 11.5 Å². The van der Waals surface area contributed by atoms with Gasteiger partial charge in [-0.15, -0.1) is 0 Å². The minimum atomic E-state index is -4.08. The number of amides is 1. The molecule has 0 aliphatic carbocycles. The van der Waals surface area contributed by atoms with Crippen molar-refractivity contribution in [2.24, 2.45) is 5.92 Å². The van der Waals surface area contributed by atoms with E-state index in [1.165, 1.54) is 18.2 Å². The lowest BCUT2D eigenvalue weighted by molar-refractivity contribution is -0.150. The van der Waals surface area contributed by atoms with Crippen molar-refractivity contribution in [3.05, 3.63) is 47.0 Å². The third kappa shape index (κ3) is 6.16. The Balaban J connectivity index is 1.65. The molecule has 33 heavy (non-hydrogen) atoms. The van der Waals surface area contributed by atoms with E-state index in [0.29, 0.717) is 41.0 Å². The number of hydrogen-bond donors (Lipinski definition) is 2. The normalized spacial score (nSPS) is 14.0. The van der Waals surface area contributed by atoms with Gasteiger partial charge in [0.15, 0.2) is 18.1 Å². The SMILES string of the molecule is Cc1c(Cl)cccc1NC(=O)COC(=O)[C@@H](NS(=O)(=O)c1ccc2c(c1)OCCO2)C(C)C. The van der Waals surface area contributed by atoms with Gasteiger partial charge in [0.05, 0.1) is 4.90 Å². The Bertz CT molecular complexity index is 1150. The van der Waals surface area contributed by atoms with Crippen LogP contribution in [0.15, 0.2) is 41.3 Å². The van der Waals surface area contributed by atoms with Crippen LogP contribution in [0.5, 0.6) is 11.5 Å². The smallest absolute Gasteiger partial charge is 0.324 e. The molecular formula is C22H25ClN2O7S. The lowest BCUT2D eigenvalue weighted by Gasteiger charge is -2.22. The van der Waals surface area contributed by atoms with Gasteiger partial charge in [-0.1, -0.05) is 31.5 Å². The van der Waals surface area contributed by atoms with Gasteiger partial charge in [-0.2, -0.15) is 4.72 Å². The minimum Gasteiger partial charge on any atom is -0.486 e. The van der Waals surface area contributed by atoms with E-state index in [0.717, 1.165) is 0 Å². The van der Waals surface area contributed by atoms with Gasteiger partial charge in [0.1, 0.15) is 19.3 Å². The molecule has 0 aromatic heterocycles. The Morgan fingerprint density at radius 2 is 1.82 bits per heavy atom. The molecule has 0 saturated heterocycles. The van der Waals surface area contributed by atoms with E-state index >= 15 is 0 Å². The first-order valence-electron chi connectivity index (χ1n) is 10.2. The molecule has 1 heterocycles. The molecule has 1 amide bonds. The monoisotopic (exact) mass is 496 g/mol. The summed E-state index contributed by atoms with van der Waals surface area (Å²) in [6.07, 6.45) is 0. The van der Waals surface area contributed by atoms with Gasteiger partial charge in [0.25, 0.3) is 5.91 Å². The fourth-order valence-electron chi connectivity index (χ4n) is 3.04. The van der Waals surface area contributed by atoms with Crippen molar-refractivity contribution in [3.63, 3.8) is 0 Å². The molecule has 2 aromatic carbocycles. The number of nitrogens with one attached hydrogen (secondary N) is 2. The molecule has 0 spiro atoms. The predicted molar refractivity (Wildman–Crippen MR) is 122 cm³/mol. The first-order valence-corrected chi connectivity index (χ1v) is 12.1. The number of fused-ring (bicyclic) bond motifs is 1. The highest BCUT2D eigenvalue weighted by atomic mass is 35.5. The van der Waals surface area contributed by atoms with E-state index in [1.54, 1.807) is 39.0 Å². The number of carbonyl (C=O) groups excluding carboxylic acids is 2. The Labute approximate surface area is 197 Å². The summed E-state index contributed by atoms with van der Waals surface area (Å²) in [4.78, 5) is 24.7. The highest BCUT2D eigenvalue weighted by molar-refractivity contribution is 7.89. The van der Waals surface area contributed by atoms with Crippen LogP contribution >= 0.6 is 11.6 Å². The third-order valence-electron chi connectivity index (χ3n) is 4.91. The van der Waals surface area contributed by atoms with E-state index < -0.39 is 40.5 Å². The predicted octanol–water partition coefficient (Wildman–Crippen LogP) is 2.90. The molecule has 0 bridgehead atoms. The topological polar surface area (TPSA) is 120 Å². The van der Waals surface area contributed by atoms with Crippen molar-refractivity contribution in [1.29, 1.82) is 0 Å². The number of rotatable bonds is 8. The van der Waals surface area contributed by atoms with Gasteiger partial charge in [-0.05, 0) is 42.7 Å². The largest absolute Gasteiger partial charge is 0.486 e. The summed E-state index contributed by atoms with van der Waals surface area (Å²) >= 11 is 6.04. The Kier molecular flexibility index (Phi) is 7.83. The summed E-state index contributed by atoms with van der Waals surface area (Å²) in [5.74, 6) is -1.14. The van der Waals surface area contributed by atoms with Crippen LogP contribution in [0.3, 0.4) is 0 Å². The summed E-state index contributed by atoms with van der Waals surface area (Å²) < 4.78 is 44.0. The van der Waals surface area contributed by atoms with Crippen LogP contribution < -0.4 is 19.5 Å². The average Bonchev–Trinajstić information content (AvgIpc) is 2.78. The fourth-order valence-corrected chi connectivity index (χ4v) is 4.56. The molecule has 178 valence electrons. The number of carbonyl (C=O) groups is 2. The molecule has 0 radical (unpaired) electrons. The van der Waals surface area contributed by atoms with Gasteiger partial charge >= 0.3 is 5.97 Å². The van der Waals surface area contributed by atoms with E-state index in [9.17, 15) is 18.0 Å². The Morgan fingerprint density at radius 3 is 2.52 bits per heavy atom. The molecule has 2 N–H and O–H groups in total. The lowest BCUT2D eigenvalue weighted by atomic mass is 10.1. The van der Waals surface area contributed by atoms with Crippen LogP contribution in [0.1, 0.15) is 19.4 Å². The standard InChI is InChI=1S/C22H25ClN2O7S/c1-13(2)21(22(27)32-12-20(26)24-17-6-4-5-16(23)14(17)3)25-33(28,29)15-7-8-18-19(11-15)31-10-9-30-18/h4-8,11,13,21,25H,9-10,12H2,1-3H3,(H,24,26)/t21-/m0/s1. The fraction of sp³-hybridized carbons (Fsp3) is 0.364. The molecule has 1 aliphatic heterocycles. The first kappa shape index (κ1) is 24.8.